The van der Waals surface area contributed by atoms with Crippen molar-refractivity contribution in [3.8, 4) is 0 Å². The number of aliphatic carboxylic acids is 2. The Labute approximate surface area is 238 Å². The number of hydrogen-bond acceptors (Lipinski definition) is 7. The molecule has 1 atom stereocenters. The second kappa shape index (κ2) is 32.9. The van der Waals surface area contributed by atoms with Crippen molar-refractivity contribution in [1.29, 1.82) is 0 Å². The number of rotatable bonds is 29. The van der Waals surface area contributed by atoms with Gasteiger partial charge in [-0.2, -0.15) is 0 Å². The standard InChI is InChI=1S/C24H47NO4.C6H15NO3/c1-2-3-4-5-6-7-8-9-10-11-12-13-14-15-16-17-18-19-20-25-22(24(28)29)21-23(26)27;8-4-1-7(2-5-9)3-6-10/h22,25H,2-21H2,1H3,(H,26,27)(H,28,29);8-10H,1-6H2/t22-;/m0./s1. The molecule has 0 aromatic rings. The van der Waals surface area contributed by atoms with Gasteiger partial charge in [0.25, 0.3) is 0 Å². The van der Waals surface area contributed by atoms with Gasteiger partial charge in [-0.15, -0.1) is 0 Å². The van der Waals surface area contributed by atoms with Crippen molar-refractivity contribution in [3.05, 3.63) is 0 Å². The molecule has 0 radical (unpaired) electrons. The normalized spacial score (nSPS) is 11.8. The van der Waals surface area contributed by atoms with Crippen LogP contribution >= 0.6 is 0 Å². The van der Waals surface area contributed by atoms with Crippen molar-refractivity contribution in [2.75, 3.05) is 46.0 Å². The fourth-order valence-electron chi connectivity index (χ4n) is 4.48. The highest BCUT2D eigenvalue weighted by Crippen LogP contribution is 2.14. The molecular formula is C30H62N2O7. The summed E-state index contributed by atoms with van der Waals surface area (Å²) in [4.78, 5) is 23.3. The first kappa shape index (κ1) is 39.9. The van der Waals surface area contributed by atoms with Crippen LogP contribution in [-0.2, 0) is 9.59 Å². The fourth-order valence-corrected chi connectivity index (χ4v) is 4.48. The molecule has 0 aliphatic carbocycles. The molecule has 9 nitrogen and oxygen atoms in total. The molecule has 0 saturated carbocycles. The molecule has 9 heteroatoms. The lowest BCUT2D eigenvalue weighted by molar-refractivity contribution is -0.145. The van der Waals surface area contributed by atoms with E-state index in [9.17, 15) is 9.59 Å². The summed E-state index contributed by atoms with van der Waals surface area (Å²) in [5.74, 6) is -2.17. The zero-order valence-corrected chi connectivity index (χ0v) is 25.0. The number of aliphatic hydroxyl groups is 3. The van der Waals surface area contributed by atoms with Crippen LogP contribution < -0.4 is 5.32 Å². The van der Waals surface area contributed by atoms with Crippen molar-refractivity contribution < 1.29 is 35.1 Å². The number of carboxylic acids is 2. The van der Waals surface area contributed by atoms with Crippen molar-refractivity contribution in [1.82, 2.24) is 10.2 Å². The SMILES string of the molecule is CCCCCCCCCCCCCCCCCCCCN[C@@H](CC(=O)O)C(=O)O.OCCN(CCO)CCO. The van der Waals surface area contributed by atoms with E-state index < -0.39 is 18.0 Å². The fraction of sp³-hybridized carbons (Fsp3) is 0.933. The van der Waals surface area contributed by atoms with E-state index in [0.29, 0.717) is 26.2 Å². The maximum atomic E-state index is 10.9. The van der Waals surface area contributed by atoms with Gasteiger partial charge in [-0.1, -0.05) is 116 Å². The summed E-state index contributed by atoms with van der Waals surface area (Å²) < 4.78 is 0. The molecule has 0 aliphatic rings. The summed E-state index contributed by atoms with van der Waals surface area (Å²) in [6.07, 6.45) is 23.5. The molecule has 39 heavy (non-hydrogen) atoms. The Morgan fingerprint density at radius 1 is 0.590 bits per heavy atom. The summed E-state index contributed by atoms with van der Waals surface area (Å²) >= 11 is 0. The molecule has 0 saturated heterocycles. The third-order valence-corrected chi connectivity index (χ3v) is 6.85. The molecule has 0 bridgehead atoms. The third kappa shape index (κ3) is 32.8. The van der Waals surface area contributed by atoms with E-state index in [2.05, 4.69) is 12.2 Å². The predicted molar refractivity (Wildman–Crippen MR) is 158 cm³/mol. The molecule has 0 rings (SSSR count). The second-order valence-corrected chi connectivity index (χ2v) is 10.5. The summed E-state index contributed by atoms with van der Waals surface area (Å²) in [6.45, 7) is 4.60. The van der Waals surface area contributed by atoms with Gasteiger partial charge in [-0.25, -0.2) is 0 Å². The first-order valence-corrected chi connectivity index (χ1v) is 15.7. The van der Waals surface area contributed by atoms with Crippen LogP contribution in [0, 0.1) is 0 Å². The van der Waals surface area contributed by atoms with Crippen LogP contribution in [0.15, 0.2) is 0 Å². The van der Waals surface area contributed by atoms with E-state index in [1.54, 1.807) is 4.90 Å². The van der Waals surface area contributed by atoms with E-state index in [0.717, 1.165) is 12.8 Å². The zero-order chi connectivity index (χ0) is 29.4. The molecule has 0 heterocycles. The van der Waals surface area contributed by atoms with E-state index in [1.165, 1.54) is 103 Å². The van der Waals surface area contributed by atoms with Crippen molar-refractivity contribution in [2.24, 2.45) is 0 Å². The van der Waals surface area contributed by atoms with Crippen LogP contribution in [0.2, 0.25) is 0 Å². The Hall–Kier alpha value is -1.26. The van der Waals surface area contributed by atoms with E-state index in [4.69, 9.17) is 25.5 Å². The second-order valence-electron chi connectivity index (χ2n) is 10.5. The zero-order valence-electron chi connectivity index (χ0n) is 25.0. The Morgan fingerprint density at radius 2 is 0.923 bits per heavy atom. The van der Waals surface area contributed by atoms with Gasteiger partial charge in [-0.05, 0) is 13.0 Å². The first-order chi connectivity index (χ1) is 18.9. The monoisotopic (exact) mass is 562 g/mol. The quantitative estimate of drug-likeness (QED) is 0.0706. The molecule has 6 N–H and O–H groups in total. The average Bonchev–Trinajstić information content (AvgIpc) is 2.90. The number of aliphatic hydroxyl groups excluding tert-OH is 3. The number of nitrogens with zero attached hydrogens (tertiary/aromatic N) is 1. The Kier molecular flexibility index (Phi) is 33.7. The van der Waals surface area contributed by atoms with Crippen LogP contribution in [0.25, 0.3) is 0 Å². The third-order valence-electron chi connectivity index (χ3n) is 6.85. The summed E-state index contributed by atoms with van der Waals surface area (Å²) in [5.41, 5.74) is 0. The molecule has 0 aromatic heterocycles. The first-order valence-electron chi connectivity index (χ1n) is 15.7. The van der Waals surface area contributed by atoms with Crippen LogP contribution in [0.5, 0.6) is 0 Å². The number of carboxylic acid groups (broad SMARTS) is 2. The van der Waals surface area contributed by atoms with Gasteiger partial charge in [0, 0.05) is 19.6 Å². The number of hydrogen-bond donors (Lipinski definition) is 6. The van der Waals surface area contributed by atoms with Crippen molar-refractivity contribution in [3.63, 3.8) is 0 Å². The van der Waals surface area contributed by atoms with E-state index in [-0.39, 0.29) is 26.2 Å². The minimum absolute atomic E-state index is 0.0694. The summed E-state index contributed by atoms with van der Waals surface area (Å²) in [5, 5.41) is 45.9. The van der Waals surface area contributed by atoms with Crippen molar-refractivity contribution >= 4 is 11.9 Å². The van der Waals surface area contributed by atoms with Crippen LogP contribution in [0.4, 0.5) is 0 Å². The van der Waals surface area contributed by atoms with E-state index in [1.807, 2.05) is 0 Å². The lowest BCUT2D eigenvalue weighted by Gasteiger charge is -2.17. The lowest BCUT2D eigenvalue weighted by Crippen LogP contribution is -2.39. The number of unbranched alkanes of at least 4 members (excludes halogenated alkanes) is 17. The van der Waals surface area contributed by atoms with Gasteiger partial charge >= 0.3 is 11.9 Å². The van der Waals surface area contributed by atoms with Gasteiger partial charge in [0.1, 0.15) is 6.04 Å². The summed E-state index contributed by atoms with van der Waals surface area (Å²) in [6, 6.07) is -0.974. The molecule has 0 unspecified atom stereocenters. The smallest absolute Gasteiger partial charge is 0.321 e. The van der Waals surface area contributed by atoms with E-state index >= 15 is 0 Å². The summed E-state index contributed by atoms with van der Waals surface area (Å²) in [7, 11) is 0. The van der Waals surface area contributed by atoms with Gasteiger partial charge < -0.3 is 30.8 Å². The predicted octanol–water partition coefficient (Wildman–Crippen LogP) is 4.81. The van der Waals surface area contributed by atoms with Crippen LogP contribution in [0.3, 0.4) is 0 Å². The van der Waals surface area contributed by atoms with Crippen molar-refractivity contribution in [2.45, 2.75) is 135 Å². The van der Waals surface area contributed by atoms with Crippen LogP contribution in [0.1, 0.15) is 129 Å². The molecule has 234 valence electrons. The largest absolute Gasteiger partial charge is 0.481 e. The number of nitrogens with one attached hydrogen (secondary N) is 1. The molecule has 0 aliphatic heterocycles. The molecule has 0 amide bonds. The van der Waals surface area contributed by atoms with Gasteiger partial charge in [0.05, 0.1) is 26.2 Å². The topological polar surface area (TPSA) is 151 Å². The Balaban J connectivity index is 0. The maximum Gasteiger partial charge on any atom is 0.321 e. The molecular weight excluding hydrogens is 500 g/mol. The van der Waals surface area contributed by atoms with Gasteiger partial charge in [-0.3, -0.25) is 14.5 Å². The lowest BCUT2D eigenvalue weighted by atomic mass is 10.0. The van der Waals surface area contributed by atoms with Gasteiger partial charge in [0.2, 0.25) is 0 Å². The number of carbonyl (C=O) groups is 2. The minimum Gasteiger partial charge on any atom is -0.481 e. The van der Waals surface area contributed by atoms with Crippen LogP contribution in [-0.4, -0.2) is 94.4 Å². The van der Waals surface area contributed by atoms with Gasteiger partial charge in [0.15, 0.2) is 0 Å². The Bertz CT molecular complexity index is 509. The molecule has 0 aromatic carbocycles. The maximum absolute atomic E-state index is 10.9. The average molecular weight is 563 g/mol. The minimum atomic E-state index is -1.09. The molecule has 0 spiro atoms. The Morgan fingerprint density at radius 3 is 1.21 bits per heavy atom. The highest BCUT2D eigenvalue weighted by molar-refractivity contribution is 5.80. The highest BCUT2D eigenvalue weighted by atomic mass is 16.4. The highest BCUT2D eigenvalue weighted by Gasteiger charge is 2.19. The molecule has 0 fully saturated rings.